The molecule has 1 atom stereocenters. The molecule has 1 aromatic carbocycles. The smallest absolute Gasteiger partial charge is 0.337 e. The topological polar surface area (TPSA) is 51.5 Å². The number of ether oxygens (including phenoxy) is 1. The number of aromatic nitrogens is 1. The van der Waals surface area contributed by atoms with E-state index in [1.165, 1.54) is 12.7 Å². The summed E-state index contributed by atoms with van der Waals surface area (Å²) in [7, 11) is 1.38. The number of dihydropyridines is 1. The summed E-state index contributed by atoms with van der Waals surface area (Å²) in [6.45, 7) is 1.99. The van der Waals surface area contributed by atoms with Gasteiger partial charge in [0.1, 0.15) is 0 Å². The summed E-state index contributed by atoms with van der Waals surface area (Å²) in [6.07, 6.45) is 4.85. The van der Waals surface area contributed by atoms with Gasteiger partial charge in [-0.3, -0.25) is 9.98 Å². The molecule has 0 bridgehead atoms. The van der Waals surface area contributed by atoms with Gasteiger partial charge in [-0.2, -0.15) is 0 Å². The lowest BCUT2D eigenvalue weighted by molar-refractivity contribution is 0.0600. The molecule has 23 heavy (non-hydrogen) atoms. The van der Waals surface area contributed by atoms with Gasteiger partial charge in [-0.15, -0.1) is 0 Å². The molecule has 0 fully saturated rings. The van der Waals surface area contributed by atoms with E-state index >= 15 is 0 Å². The summed E-state index contributed by atoms with van der Waals surface area (Å²) in [6, 6.07) is 13.3. The zero-order valence-electron chi connectivity index (χ0n) is 13.2. The molecule has 4 heteroatoms. The Morgan fingerprint density at radius 2 is 1.96 bits per heavy atom. The van der Waals surface area contributed by atoms with Crippen LogP contribution in [-0.4, -0.2) is 24.3 Å². The Morgan fingerprint density at radius 1 is 1.17 bits per heavy atom. The van der Waals surface area contributed by atoms with Crippen molar-refractivity contribution < 1.29 is 9.53 Å². The van der Waals surface area contributed by atoms with Crippen molar-refractivity contribution in [3.05, 3.63) is 71.1 Å². The molecule has 0 N–H and O–H groups in total. The summed E-state index contributed by atoms with van der Waals surface area (Å²) >= 11 is 0. The lowest BCUT2D eigenvalue weighted by atomic mass is 9.97. The third kappa shape index (κ3) is 3.37. The molecule has 0 radical (unpaired) electrons. The third-order valence-corrected chi connectivity index (χ3v) is 3.83. The first-order chi connectivity index (χ1) is 11.2. The molecule has 0 spiro atoms. The van der Waals surface area contributed by atoms with Crippen molar-refractivity contribution in [2.24, 2.45) is 4.99 Å². The second-order valence-electron chi connectivity index (χ2n) is 5.45. The monoisotopic (exact) mass is 306 g/mol. The minimum Gasteiger partial charge on any atom is -0.465 e. The van der Waals surface area contributed by atoms with Crippen LogP contribution in [0.15, 0.2) is 53.5 Å². The van der Waals surface area contributed by atoms with Gasteiger partial charge in [0.15, 0.2) is 0 Å². The third-order valence-electron chi connectivity index (χ3n) is 3.83. The molecular formula is C19H18N2O2. The molecular weight excluding hydrogens is 288 g/mol. The van der Waals surface area contributed by atoms with E-state index in [-0.39, 0.29) is 12.0 Å². The Kier molecular flexibility index (Phi) is 4.33. The fourth-order valence-corrected chi connectivity index (χ4v) is 2.59. The van der Waals surface area contributed by atoms with E-state index < -0.39 is 0 Å². The van der Waals surface area contributed by atoms with Crippen molar-refractivity contribution in [3.63, 3.8) is 0 Å². The summed E-state index contributed by atoms with van der Waals surface area (Å²) < 4.78 is 4.72. The zero-order chi connectivity index (χ0) is 16.2. The number of hydrogen-bond donors (Lipinski definition) is 0. The van der Waals surface area contributed by atoms with Crippen LogP contribution in [0.4, 0.5) is 0 Å². The first-order valence-corrected chi connectivity index (χ1v) is 7.52. The first kappa shape index (κ1) is 15.2. The number of pyridine rings is 1. The van der Waals surface area contributed by atoms with E-state index in [4.69, 9.17) is 4.74 Å². The Morgan fingerprint density at radius 3 is 2.65 bits per heavy atom. The van der Waals surface area contributed by atoms with Gasteiger partial charge in [0, 0.05) is 18.3 Å². The van der Waals surface area contributed by atoms with Crippen molar-refractivity contribution in [2.75, 3.05) is 7.11 Å². The van der Waals surface area contributed by atoms with Crippen LogP contribution >= 0.6 is 0 Å². The van der Waals surface area contributed by atoms with Gasteiger partial charge in [0.2, 0.25) is 0 Å². The number of nitrogens with zero attached hydrogens (tertiary/aromatic N) is 2. The number of allylic oxidation sites excluding steroid dienone is 1. The molecule has 0 aliphatic carbocycles. The summed E-state index contributed by atoms with van der Waals surface area (Å²) in [5.74, 6) is -0.330. The number of rotatable bonds is 3. The average molecular weight is 306 g/mol. The lowest BCUT2D eigenvalue weighted by Crippen LogP contribution is -2.04. The van der Waals surface area contributed by atoms with Gasteiger partial charge in [0.05, 0.1) is 24.4 Å². The van der Waals surface area contributed by atoms with E-state index in [1.54, 1.807) is 12.1 Å². The number of carbonyl (C=O) groups excluding carboxylic acids is 1. The van der Waals surface area contributed by atoms with Crippen LogP contribution in [0, 0.1) is 6.92 Å². The Bertz CT molecular complexity index is 776. The zero-order valence-corrected chi connectivity index (χ0v) is 13.2. The van der Waals surface area contributed by atoms with Gasteiger partial charge >= 0.3 is 5.97 Å². The van der Waals surface area contributed by atoms with Gasteiger partial charge in [-0.1, -0.05) is 18.2 Å². The highest BCUT2D eigenvalue weighted by atomic mass is 16.5. The minimum atomic E-state index is -0.330. The van der Waals surface area contributed by atoms with Gasteiger partial charge in [-0.25, -0.2) is 4.79 Å². The van der Waals surface area contributed by atoms with Crippen molar-refractivity contribution >= 4 is 17.8 Å². The molecule has 3 rings (SSSR count). The maximum absolute atomic E-state index is 11.5. The van der Waals surface area contributed by atoms with Gasteiger partial charge in [0.25, 0.3) is 0 Å². The number of methoxy groups -OCH3 is 1. The van der Waals surface area contributed by atoms with Gasteiger partial charge in [-0.05, 0) is 48.4 Å². The predicted molar refractivity (Wildman–Crippen MR) is 90.6 cm³/mol. The standard InChI is InChI=1S/C19H18N2O2/c1-13-4-3-5-17(21-13)16-10-11-20-18(12-16)14-6-8-15(9-7-14)19(22)23-2/h3-9,11-12,18H,10H2,1-2H3/t18-/m0/s1. The Labute approximate surface area is 135 Å². The predicted octanol–water partition coefficient (Wildman–Crippen LogP) is 3.78. The number of hydrogen-bond acceptors (Lipinski definition) is 4. The number of carbonyl (C=O) groups is 1. The van der Waals surface area contributed by atoms with Crippen molar-refractivity contribution in [2.45, 2.75) is 19.4 Å². The summed E-state index contributed by atoms with van der Waals surface area (Å²) in [4.78, 5) is 20.6. The minimum absolute atomic E-state index is 0.0484. The maximum atomic E-state index is 11.5. The first-order valence-electron chi connectivity index (χ1n) is 7.52. The highest BCUT2D eigenvalue weighted by Gasteiger charge is 2.15. The molecule has 0 saturated heterocycles. The highest BCUT2D eigenvalue weighted by Crippen LogP contribution is 2.29. The van der Waals surface area contributed by atoms with E-state index in [2.05, 4.69) is 16.1 Å². The summed E-state index contributed by atoms with van der Waals surface area (Å²) in [5.41, 5.74) is 4.75. The maximum Gasteiger partial charge on any atom is 0.337 e. The molecule has 2 aromatic rings. The number of benzene rings is 1. The number of aliphatic imine (C=N–C) groups is 1. The Balaban J connectivity index is 1.86. The molecule has 1 aliphatic heterocycles. The summed E-state index contributed by atoms with van der Waals surface area (Å²) in [5, 5.41) is 0. The SMILES string of the molecule is COC(=O)c1ccc([C@@H]2C=C(c3cccc(C)n3)CC=N2)cc1. The van der Waals surface area contributed by atoms with E-state index in [1.807, 2.05) is 43.5 Å². The highest BCUT2D eigenvalue weighted by molar-refractivity contribution is 5.89. The van der Waals surface area contributed by atoms with Crippen LogP contribution in [0.5, 0.6) is 0 Å². The lowest BCUT2D eigenvalue weighted by Gasteiger charge is -2.16. The largest absolute Gasteiger partial charge is 0.465 e. The normalized spacial score (nSPS) is 16.8. The van der Waals surface area contributed by atoms with Crippen molar-refractivity contribution in [3.8, 4) is 0 Å². The number of esters is 1. The molecule has 1 aromatic heterocycles. The van der Waals surface area contributed by atoms with Crippen LogP contribution in [0.1, 0.15) is 39.8 Å². The van der Waals surface area contributed by atoms with Crippen LogP contribution in [-0.2, 0) is 4.74 Å². The van der Waals surface area contributed by atoms with Crippen LogP contribution < -0.4 is 0 Å². The van der Waals surface area contributed by atoms with Crippen LogP contribution in [0.25, 0.3) is 5.57 Å². The average Bonchev–Trinajstić information content (AvgIpc) is 2.61. The van der Waals surface area contributed by atoms with Crippen LogP contribution in [0.3, 0.4) is 0 Å². The van der Waals surface area contributed by atoms with E-state index in [0.29, 0.717) is 5.56 Å². The fraction of sp³-hybridized carbons (Fsp3) is 0.211. The number of aryl methyl sites for hydroxylation is 1. The van der Waals surface area contributed by atoms with E-state index in [9.17, 15) is 4.79 Å². The fourth-order valence-electron chi connectivity index (χ4n) is 2.59. The molecule has 2 heterocycles. The van der Waals surface area contributed by atoms with Gasteiger partial charge < -0.3 is 4.74 Å². The van der Waals surface area contributed by atoms with E-state index in [0.717, 1.165) is 23.4 Å². The second kappa shape index (κ2) is 6.57. The quantitative estimate of drug-likeness (QED) is 0.811. The molecule has 0 saturated carbocycles. The molecule has 1 aliphatic rings. The van der Waals surface area contributed by atoms with Crippen molar-refractivity contribution in [1.29, 1.82) is 0 Å². The van der Waals surface area contributed by atoms with Crippen LogP contribution in [0.2, 0.25) is 0 Å². The molecule has 0 unspecified atom stereocenters. The molecule has 4 nitrogen and oxygen atoms in total. The Hall–Kier alpha value is -2.75. The molecule has 116 valence electrons. The van der Waals surface area contributed by atoms with Crippen molar-refractivity contribution in [1.82, 2.24) is 4.98 Å². The molecule has 0 amide bonds. The second-order valence-corrected chi connectivity index (χ2v) is 5.45.